The second-order valence-corrected chi connectivity index (χ2v) is 6.24. The van der Waals surface area contributed by atoms with Gasteiger partial charge < -0.3 is 25.8 Å². The van der Waals surface area contributed by atoms with Gasteiger partial charge in [-0.2, -0.15) is 41.3 Å². The van der Waals surface area contributed by atoms with Gasteiger partial charge in [0, 0.05) is 11.7 Å². The number of nitrogens with zero attached hydrogens (tertiary/aromatic N) is 4. The van der Waals surface area contributed by atoms with Crippen LogP contribution in [-0.2, 0) is 0 Å². The van der Waals surface area contributed by atoms with Crippen LogP contribution in [0, 0.1) is 5.21 Å². The van der Waals surface area contributed by atoms with Gasteiger partial charge in [-0.3, -0.25) is 5.21 Å². The first-order chi connectivity index (χ1) is 14.3. The third kappa shape index (κ3) is 6.99. The van der Waals surface area contributed by atoms with Crippen molar-refractivity contribution in [2.75, 3.05) is 15.9 Å². The summed E-state index contributed by atoms with van der Waals surface area (Å²) < 4.78 is 81.0. The Kier molecular flexibility index (Phi) is 7.32. The second-order valence-electron chi connectivity index (χ2n) is 6.24. The van der Waals surface area contributed by atoms with E-state index in [9.17, 15) is 31.5 Å². The lowest BCUT2D eigenvalue weighted by atomic mass is 10.3. The van der Waals surface area contributed by atoms with Crippen molar-refractivity contribution in [2.45, 2.75) is 44.8 Å². The van der Waals surface area contributed by atoms with E-state index in [1.807, 2.05) is 0 Å². The topological polar surface area (TPSA) is 118 Å². The molecule has 1 atom stereocenters. The maximum Gasteiger partial charge on any atom is 0.434 e. The van der Waals surface area contributed by atoms with E-state index in [-0.39, 0.29) is 23.4 Å². The average Bonchev–Trinajstić information content (AvgIpc) is 2.64. The molecular formula is C16H17F6N6O3-. The monoisotopic (exact) mass is 455 g/mol. The molecule has 0 fully saturated rings. The summed E-state index contributed by atoms with van der Waals surface area (Å²) in [6.07, 6.45) is -15.1. The summed E-state index contributed by atoms with van der Waals surface area (Å²) >= 11 is 0. The molecule has 0 unspecified atom stereocenters. The fourth-order valence-corrected chi connectivity index (χ4v) is 2.08. The van der Waals surface area contributed by atoms with Gasteiger partial charge in [0.25, 0.3) is 6.10 Å². The zero-order valence-electron chi connectivity index (χ0n) is 16.0. The summed E-state index contributed by atoms with van der Waals surface area (Å²) in [6.45, 7) is 3.47. The van der Waals surface area contributed by atoms with Crippen LogP contribution in [0.1, 0.15) is 20.3 Å². The highest BCUT2D eigenvalue weighted by Crippen LogP contribution is 2.36. The maximum absolute atomic E-state index is 12.8. The summed E-state index contributed by atoms with van der Waals surface area (Å²) in [5.74, 6) is -0.739. The molecule has 0 radical (unpaired) electrons. The quantitative estimate of drug-likeness (QED) is 0.393. The minimum atomic E-state index is -5.76. The number of rotatable bonds is 8. The summed E-state index contributed by atoms with van der Waals surface area (Å²) in [4.78, 5) is 10.9. The second kappa shape index (κ2) is 9.38. The molecule has 0 amide bonds. The van der Waals surface area contributed by atoms with Crippen LogP contribution in [0.3, 0.4) is 0 Å². The van der Waals surface area contributed by atoms with E-state index in [2.05, 4.69) is 30.3 Å². The highest BCUT2D eigenvalue weighted by molar-refractivity contribution is 5.59. The molecule has 15 heteroatoms. The van der Waals surface area contributed by atoms with Crippen molar-refractivity contribution in [1.29, 1.82) is 0 Å². The van der Waals surface area contributed by atoms with E-state index >= 15 is 0 Å². The SMILES string of the molecule is CC[C@H](C)Nc1nc(Nc2ccc(N([O-])O)cc2)nc(OC(C(F)(F)F)C(F)(F)F)n1. The standard InChI is InChI=1S/C16H17F6N6O3/c1-3-8(2)23-12-25-13(24-9-4-6-10(7-5-9)28(29)30)27-14(26-12)31-11(15(17,18)19)16(20,21)22/h4-8,11,29H,3H2,1-2H3,(H2,23,24,25,26,27)/q-1/t8-/m0/s1. The summed E-state index contributed by atoms with van der Waals surface area (Å²) in [5, 5.41) is 24.5. The third-order valence-corrected chi connectivity index (χ3v) is 3.76. The number of hydrogen-bond acceptors (Lipinski definition) is 9. The molecule has 1 aromatic carbocycles. The molecule has 0 aliphatic carbocycles. The Balaban J connectivity index is 2.38. The van der Waals surface area contributed by atoms with Gasteiger partial charge in [-0.05, 0) is 37.6 Å². The highest BCUT2D eigenvalue weighted by atomic mass is 19.4. The van der Waals surface area contributed by atoms with E-state index in [4.69, 9.17) is 5.21 Å². The molecule has 1 aromatic heterocycles. The van der Waals surface area contributed by atoms with Crippen LogP contribution >= 0.6 is 0 Å². The van der Waals surface area contributed by atoms with E-state index in [1.54, 1.807) is 13.8 Å². The van der Waals surface area contributed by atoms with Crippen molar-refractivity contribution in [3.8, 4) is 6.01 Å². The van der Waals surface area contributed by atoms with Crippen molar-refractivity contribution in [2.24, 2.45) is 0 Å². The van der Waals surface area contributed by atoms with Crippen LogP contribution in [0.15, 0.2) is 24.3 Å². The molecule has 0 saturated heterocycles. The van der Waals surface area contributed by atoms with Crippen molar-refractivity contribution in [3.05, 3.63) is 29.5 Å². The van der Waals surface area contributed by atoms with E-state index < -0.39 is 35.6 Å². The fourth-order valence-electron chi connectivity index (χ4n) is 2.08. The zero-order chi connectivity index (χ0) is 23.4. The highest BCUT2D eigenvalue weighted by Gasteiger charge is 2.59. The molecule has 172 valence electrons. The van der Waals surface area contributed by atoms with Crippen molar-refractivity contribution < 1.29 is 36.3 Å². The van der Waals surface area contributed by atoms with E-state index in [1.165, 1.54) is 24.3 Å². The third-order valence-electron chi connectivity index (χ3n) is 3.76. The number of halogens is 6. The number of ether oxygens (including phenoxy) is 1. The van der Waals surface area contributed by atoms with Gasteiger partial charge in [0.1, 0.15) is 0 Å². The Morgan fingerprint density at radius 3 is 2.06 bits per heavy atom. The predicted molar refractivity (Wildman–Crippen MR) is 97.1 cm³/mol. The van der Waals surface area contributed by atoms with Crippen molar-refractivity contribution in [3.63, 3.8) is 0 Å². The van der Waals surface area contributed by atoms with E-state index in [0.29, 0.717) is 6.42 Å². The van der Waals surface area contributed by atoms with Gasteiger partial charge in [0.15, 0.2) is 0 Å². The van der Waals surface area contributed by atoms with Gasteiger partial charge in [-0.25, -0.2) is 0 Å². The van der Waals surface area contributed by atoms with Crippen LogP contribution in [-0.4, -0.2) is 44.7 Å². The van der Waals surface area contributed by atoms with Gasteiger partial charge >= 0.3 is 18.4 Å². The Morgan fingerprint density at radius 1 is 1.03 bits per heavy atom. The van der Waals surface area contributed by atoms with Crippen LogP contribution in [0.4, 0.5) is 49.6 Å². The molecule has 2 aromatic rings. The summed E-state index contributed by atoms with van der Waals surface area (Å²) in [7, 11) is 0. The zero-order valence-corrected chi connectivity index (χ0v) is 16.0. The molecule has 1 heterocycles. The Labute approximate surface area is 171 Å². The first-order valence-corrected chi connectivity index (χ1v) is 8.65. The molecule has 31 heavy (non-hydrogen) atoms. The number of anilines is 4. The first kappa shape index (κ1) is 24.2. The molecule has 0 bridgehead atoms. The number of benzene rings is 1. The molecule has 0 aliphatic heterocycles. The van der Waals surface area contributed by atoms with Gasteiger partial charge in [0.2, 0.25) is 11.9 Å². The average molecular weight is 455 g/mol. The largest absolute Gasteiger partial charge is 0.733 e. The summed E-state index contributed by atoms with van der Waals surface area (Å²) in [6, 6.07) is 3.48. The Morgan fingerprint density at radius 2 is 1.58 bits per heavy atom. The minimum Gasteiger partial charge on any atom is -0.733 e. The van der Waals surface area contributed by atoms with Crippen LogP contribution in [0.25, 0.3) is 0 Å². The molecule has 0 spiro atoms. The lowest BCUT2D eigenvalue weighted by Crippen LogP contribution is -2.47. The Bertz CT molecular complexity index is 848. The van der Waals surface area contributed by atoms with Crippen LogP contribution in [0.2, 0.25) is 0 Å². The normalized spacial score (nSPS) is 13.1. The predicted octanol–water partition coefficient (Wildman–Crippen LogP) is 4.39. The number of nitrogens with one attached hydrogen (secondary N) is 2. The number of hydrogen-bond donors (Lipinski definition) is 3. The minimum absolute atomic E-state index is 0.123. The van der Waals surface area contributed by atoms with Crippen LogP contribution < -0.4 is 20.6 Å². The van der Waals surface area contributed by atoms with Gasteiger partial charge in [0.05, 0.1) is 5.69 Å². The first-order valence-electron chi connectivity index (χ1n) is 8.65. The molecule has 3 N–H and O–H groups in total. The fraction of sp³-hybridized carbons (Fsp3) is 0.438. The molecule has 0 aliphatic rings. The van der Waals surface area contributed by atoms with Crippen molar-refractivity contribution in [1.82, 2.24) is 15.0 Å². The smallest absolute Gasteiger partial charge is 0.434 e. The van der Waals surface area contributed by atoms with Gasteiger partial charge in [-0.15, -0.1) is 0 Å². The van der Waals surface area contributed by atoms with Crippen molar-refractivity contribution >= 4 is 23.3 Å². The lowest BCUT2D eigenvalue weighted by molar-refractivity contribution is -0.301. The molecule has 0 saturated carbocycles. The molecule has 2 rings (SSSR count). The number of aromatic nitrogens is 3. The maximum atomic E-state index is 12.8. The number of alkyl halides is 6. The van der Waals surface area contributed by atoms with Crippen LogP contribution in [0.5, 0.6) is 6.01 Å². The summed E-state index contributed by atoms with van der Waals surface area (Å²) in [5.41, 5.74) is 0.0861. The molecular weight excluding hydrogens is 438 g/mol. The molecule has 9 nitrogen and oxygen atoms in total. The van der Waals surface area contributed by atoms with Gasteiger partial charge in [-0.1, -0.05) is 6.92 Å². The lowest BCUT2D eigenvalue weighted by Gasteiger charge is -2.23. The Hall–Kier alpha value is -3.07. The van der Waals surface area contributed by atoms with E-state index in [0.717, 1.165) is 0 Å².